The highest BCUT2D eigenvalue weighted by molar-refractivity contribution is 5.91. The number of methoxy groups -OCH3 is 1. The van der Waals surface area contributed by atoms with Crippen LogP contribution in [0.5, 0.6) is 17.2 Å². The molecular weight excluding hydrogens is 348 g/mol. The van der Waals surface area contributed by atoms with E-state index in [9.17, 15) is 9.59 Å². The summed E-state index contributed by atoms with van der Waals surface area (Å²) in [6.45, 7) is 2.43. The molecule has 0 atom stereocenters. The van der Waals surface area contributed by atoms with Crippen molar-refractivity contribution in [1.82, 2.24) is 4.90 Å². The van der Waals surface area contributed by atoms with Crippen LogP contribution in [0, 0.1) is 0 Å². The first-order valence-corrected chi connectivity index (χ1v) is 8.63. The number of rotatable bonds is 7. The topological polar surface area (TPSA) is 77.1 Å². The Morgan fingerprint density at radius 2 is 1.85 bits per heavy atom. The lowest BCUT2D eigenvalue weighted by Gasteiger charge is -2.21. The molecule has 0 aromatic heterocycles. The average Bonchev–Trinajstić information content (AvgIpc) is 3.13. The van der Waals surface area contributed by atoms with Crippen molar-refractivity contribution in [2.75, 3.05) is 25.8 Å². The molecule has 0 aliphatic carbocycles. The zero-order valence-electron chi connectivity index (χ0n) is 15.4. The van der Waals surface area contributed by atoms with E-state index in [0.717, 1.165) is 11.3 Å². The molecule has 27 heavy (non-hydrogen) atoms. The quantitative estimate of drug-likeness (QED) is 0.811. The summed E-state index contributed by atoms with van der Waals surface area (Å²) in [5.41, 5.74) is 1.61. The van der Waals surface area contributed by atoms with E-state index in [1.54, 1.807) is 36.3 Å². The molecule has 0 unspecified atom stereocenters. The second-order valence-electron chi connectivity index (χ2n) is 6.15. The van der Waals surface area contributed by atoms with Gasteiger partial charge in [-0.15, -0.1) is 0 Å². The number of carbonyl (C=O) groups excluding carboxylic acids is 2. The van der Waals surface area contributed by atoms with Gasteiger partial charge in [-0.2, -0.15) is 0 Å². The first-order chi connectivity index (χ1) is 13.0. The van der Waals surface area contributed by atoms with E-state index in [2.05, 4.69) is 5.32 Å². The summed E-state index contributed by atoms with van der Waals surface area (Å²) in [6.07, 6.45) is 0.205. The van der Waals surface area contributed by atoms with Crippen molar-refractivity contribution in [3.05, 3.63) is 48.0 Å². The molecule has 1 N–H and O–H groups in total. The number of amides is 2. The molecule has 3 rings (SSSR count). The number of nitrogens with one attached hydrogen (secondary N) is 1. The minimum Gasteiger partial charge on any atom is -0.497 e. The highest BCUT2D eigenvalue weighted by Gasteiger charge is 2.16. The van der Waals surface area contributed by atoms with Crippen LogP contribution in [0.1, 0.15) is 18.9 Å². The van der Waals surface area contributed by atoms with Gasteiger partial charge in [0.25, 0.3) is 0 Å². The fourth-order valence-electron chi connectivity index (χ4n) is 2.74. The Labute approximate surface area is 157 Å². The summed E-state index contributed by atoms with van der Waals surface area (Å²) in [6, 6.07) is 12.7. The standard InChI is InChI=1S/C20H22N2O5/c1-14(23)22(12-15-3-8-18-19(11-15)27-13-26-18)10-9-20(24)21-16-4-6-17(25-2)7-5-16/h3-8,11H,9-10,12-13H2,1-2H3,(H,21,24). The van der Waals surface area contributed by atoms with E-state index in [1.165, 1.54) is 6.92 Å². The van der Waals surface area contributed by atoms with Crippen LogP contribution in [0.3, 0.4) is 0 Å². The van der Waals surface area contributed by atoms with Crippen LogP contribution < -0.4 is 19.5 Å². The maximum Gasteiger partial charge on any atom is 0.231 e. The predicted molar refractivity (Wildman–Crippen MR) is 99.9 cm³/mol. The normalized spacial score (nSPS) is 11.8. The van der Waals surface area contributed by atoms with Gasteiger partial charge in [-0.25, -0.2) is 0 Å². The van der Waals surface area contributed by atoms with Gasteiger partial charge in [0.05, 0.1) is 7.11 Å². The van der Waals surface area contributed by atoms with Crippen molar-refractivity contribution in [3.63, 3.8) is 0 Å². The molecule has 0 saturated carbocycles. The molecule has 0 saturated heterocycles. The molecule has 1 aliphatic rings. The Kier molecular flexibility index (Phi) is 5.80. The Bertz CT molecular complexity index is 820. The summed E-state index contributed by atoms with van der Waals surface area (Å²) < 4.78 is 15.7. The van der Waals surface area contributed by atoms with Gasteiger partial charge in [-0.1, -0.05) is 6.07 Å². The van der Waals surface area contributed by atoms with Crippen LogP contribution in [0.25, 0.3) is 0 Å². The summed E-state index contributed by atoms with van der Waals surface area (Å²) in [4.78, 5) is 25.8. The number of nitrogens with zero attached hydrogens (tertiary/aromatic N) is 1. The van der Waals surface area contributed by atoms with Gasteiger partial charge in [0.2, 0.25) is 18.6 Å². The second kappa shape index (κ2) is 8.44. The highest BCUT2D eigenvalue weighted by Crippen LogP contribution is 2.32. The number of anilines is 1. The first kappa shape index (κ1) is 18.6. The van der Waals surface area contributed by atoms with Crippen molar-refractivity contribution in [1.29, 1.82) is 0 Å². The summed E-state index contributed by atoms with van der Waals surface area (Å²) >= 11 is 0. The van der Waals surface area contributed by atoms with E-state index >= 15 is 0 Å². The largest absolute Gasteiger partial charge is 0.497 e. The van der Waals surface area contributed by atoms with E-state index in [0.29, 0.717) is 30.3 Å². The van der Waals surface area contributed by atoms with E-state index in [-0.39, 0.29) is 25.0 Å². The second-order valence-corrected chi connectivity index (χ2v) is 6.15. The SMILES string of the molecule is COc1ccc(NC(=O)CCN(Cc2ccc3c(c2)OCO3)C(C)=O)cc1. The molecule has 0 radical (unpaired) electrons. The average molecular weight is 370 g/mol. The van der Waals surface area contributed by atoms with Gasteiger partial charge in [0, 0.05) is 32.1 Å². The summed E-state index contributed by atoms with van der Waals surface area (Å²) in [5.74, 6) is 1.85. The van der Waals surface area contributed by atoms with Gasteiger partial charge in [-0.05, 0) is 42.0 Å². The molecular formula is C20H22N2O5. The third-order valence-corrected chi connectivity index (χ3v) is 4.24. The van der Waals surface area contributed by atoms with Crippen molar-refractivity contribution in [2.45, 2.75) is 19.9 Å². The Balaban J connectivity index is 1.54. The van der Waals surface area contributed by atoms with Gasteiger partial charge < -0.3 is 24.4 Å². The Morgan fingerprint density at radius 3 is 2.56 bits per heavy atom. The number of benzene rings is 2. The van der Waals surface area contributed by atoms with Crippen molar-refractivity contribution in [3.8, 4) is 17.2 Å². The number of hydrogen-bond acceptors (Lipinski definition) is 5. The van der Waals surface area contributed by atoms with Crippen LogP contribution in [-0.4, -0.2) is 37.2 Å². The smallest absolute Gasteiger partial charge is 0.231 e. The predicted octanol–water partition coefficient (Wildman–Crippen LogP) is 2.80. The minimum absolute atomic E-state index is 0.0927. The molecule has 2 aromatic rings. The van der Waals surface area contributed by atoms with Gasteiger partial charge in [0.15, 0.2) is 11.5 Å². The van der Waals surface area contributed by atoms with E-state index < -0.39 is 0 Å². The number of fused-ring (bicyclic) bond motifs is 1. The Hall–Kier alpha value is -3.22. The van der Waals surface area contributed by atoms with Crippen LogP contribution in [0.15, 0.2) is 42.5 Å². The molecule has 1 heterocycles. The zero-order valence-corrected chi connectivity index (χ0v) is 15.4. The van der Waals surface area contributed by atoms with Gasteiger partial charge in [-0.3, -0.25) is 9.59 Å². The van der Waals surface area contributed by atoms with Crippen LogP contribution in [-0.2, 0) is 16.1 Å². The highest BCUT2D eigenvalue weighted by atomic mass is 16.7. The number of carbonyl (C=O) groups is 2. The fraction of sp³-hybridized carbons (Fsp3) is 0.300. The van der Waals surface area contributed by atoms with Crippen LogP contribution in [0.4, 0.5) is 5.69 Å². The van der Waals surface area contributed by atoms with Crippen molar-refractivity contribution >= 4 is 17.5 Å². The Morgan fingerprint density at radius 1 is 1.11 bits per heavy atom. The molecule has 2 aromatic carbocycles. The molecule has 0 bridgehead atoms. The molecule has 7 nitrogen and oxygen atoms in total. The third kappa shape index (κ3) is 4.91. The minimum atomic E-state index is -0.155. The summed E-state index contributed by atoms with van der Waals surface area (Å²) in [7, 11) is 1.59. The van der Waals surface area contributed by atoms with Crippen LogP contribution >= 0.6 is 0 Å². The van der Waals surface area contributed by atoms with E-state index in [4.69, 9.17) is 14.2 Å². The van der Waals surface area contributed by atoms with E-state index in [1.807, 2.05) is 18.2 Å². The molecule has 142 valence electrons. The first-order valence-electron chi connectivity index (χ1n) is 8.63. The molecule has 0 spiro atoms. The monoisotopic (exact) mass is 370 g/mol. The molecule has 2 amide bonds. The summed E-state index contributed by atoms with van der Waals surface area (Å²) in [5, 5.41) is 2.82. The fourth-order valence-corrected chi connectivity index (χ4v) is 2.74. The van der Waals surface area contributed by atoms with Crippen molar-refractivity contribution < 1.29 is 23.8 Å². The molecule has 1 aliphatic heterocycles. The number of ether oxygens (including phenoxy) is 3. The lowest BCUT2D eigenvalue weighted by atomic mass is 10.2. The lowest BCUT2D eigenvalue weighted by molar-refractivity contribution is -0.129. The van der Waals surface area contributed by atoms with Crippen LogP contribution in [0.2, 0.25) is 0 Å². The molecule has 7 heteroatoms. The third-order valence-electron chi connectivity index (χ3n) is 4.24. The zero-order chi connectivity index (χ0) is 19.2. The maximum atomic E-state index is 12.2. The van der Waals surface area contributed by atoms with Gasteiger partial charge >= 0.3 is 0 Å². The lowest BCUT2D eigenvalue weighted by Crippen LogP contribution is -2.31. The molecule has 0 fully saturated rings. The maximum absolute atomic E-state index is 12.2. The number of hydrogen-bond donors (Lipinski definition) is 1. The van der Waals surface area contributed by atoms with Crippen molar-refractivity contribution in [2.24, 2.45) is 0 Å². The van der Waals surface area contributed by atoms with Gasteiger partial charge in [0.1, 0.15) is 5.75 Å².